The zero-order valence-electron chi connectivity index (χ0n) is 32.2. The number of anilines is 2. The number of hydrogen-bond acceptors (Lipinski definition) is 12. The Kier molecular flexibility index (Phi) is 9.32. The summed E-state index contributed by atoms with van der Waals surface area (Å²) in [6.45, 7) is 4.01. The van der Waals surface area contributed by atoms with Gasteiger partial charge in [-0.15, -0.1) is 0 Å². The van der Waals surface area contributed by atoms with Crippen LogP contribution in [-0.2, 0) is 9.59 Å². The lowest BCUT2D eigenvalue weighted by molar-refractivity contribution is -0.136. The fraction of sp³-hybridized carbons (Fsp3) is 0.372. The van der Waals surface area contributed by atoms with Crippen molar-refractivity contribution in [2.45, 2.75) is 62.4 Å². The van der Waals surface area contributed by atoms with Gasteiger partial charge in [-0.05, 0) is 80.3 Å². The second kappa shape index (κ2) is 14.8. The Labute approximate surface area is 338 Å². The molecule has 4 fully saturated rings. The minimum Gasteiger partial charge on any atom is -0.457 e. The largest absolute Gasteiger partial charge is 0.457 e. The average molecular weight is 799 g/mol. The highest BCUT2D eigenvalue weighted by Crippen LogP contribution is 2.37. The number of alkyl halides is 1. The Balaban J connectivity index is 0.745. The maximum absolute atomic E-state index is 16.0. The second-order valence-corrected chi connectivity index (χ2v) is 16.1. The van der Waals surface area contributed by atoms with Crippen molar-refractivity contribution in [2.24, 2.45) is 0 Å². The van der Waals surface area contributed by atoms with Crippen molar-refractivity contribution < 1.29 is 28.3 Å². The van der Waals surface area contributed by atoms with Crippen molar-refractivity contribution in [1.82, 2.24) is 39.8 Å². The molecule has 59 heavy (non-hydrogen) atoms. The van der Waals surface area contributed by atoms with Crippen LogP contribution in [-0.4, -0.2) is 122 Å². The van der Waals surface area contributed by atoms with E-state index in [0.29, 0.717) is 47.9 Å². The summed E-state index contributed by atoms with van der Waals surface area (Å²) in [7, 11) is 0. The van der Waals surface area contributed by atoms with E-state index in [9.17, 15) is 19.2 Å². The number of carbonyl (C=O) groups is 4. The van der Waals surface area contributed by atoms with Gasteiger partial charge in [-0.3, -0.25) is 39.2 Å². The maximum atomic E-state index is 16.0. The molecule has 5 aliphatic heterocycles. The van der Waals surface area contributed by atoms with Crippen LogP contribution in [0.3, 0.4) is 0 Å². The lowest BCUT2D eigenvalue weighted by atomic mass is 9.94. The number of nitrogens with two attached hydrogens (primary N) is 1. The van der Waals surface area contributed by atoms with Crippen molar-refractivity contribution in [3.8, 4) is 22.8 Å². The molecule has 0 bridgehead atoms. The molecule has 2 unspecified atom stereocenters. The standard InChI is InChI=1S/C43H43FN10O5/c44-33-23-51(28-21-52(22-28)27-8-11-31-32(20-27)43(58)53(42(31)57)35-12-13-36(55)48-41(35)56)19-16-34(33)50-17-14-26(15-18-50)54-40-37(39(45)46-24-47-40)38(49-54)25-6-9-30(10-7-25)59-29-4-2-1-3-5-29/h1-11,20,24,26,28,33-35H,12-19,21-23H2,(H2,45,46,47)(H,48,55,56)/t33-,34?,35?/m1/s1. The van der Waals surface area contributed by atoms with Gasteiger partial charge in [-0.2, -0.15) is 5.10 Å². The molecule has 302 valence electrons. The van der Waals surface area contributed by atoms with Crippen LogP contribution in [0.1, 0.15) is 58.9 Å². The molecule has 4 amide bonds. The number of fused-ring (bicyclic) bond motifs is 2. The van der Waals surface area contributed by atoms with E-state index in [1.165, 1.54) is 6.33 Å². The van der Waals surface area contributed by atoms with Gasteiger partial charge < -0.3 is 15.4 Å². The first kappa shape index (κ1) is 37.0. The molecule has 7 heterocycles. The van der Waals surface area contributed by atoms with E-state index < -0.39 is 35.8 Å². The first-order chi connectivity index (χ1) is 28.7. The predicted octanol–water partition coefficient (Wildman–Crippen LogP) is 4.21. The molecule has 0 saturated carbocycles. The van der Waals surface area contributed by atoms with Gasteiger partial charge >= 0.3 is 0 Å². The third-order valence-corrected chi connectivity index (χ3v) is 12.6. The van der Waals surface area contributed by atoms with Crippen molar-refractivity contribution in [1.29, 1.82) is 0 Å². The van der Waals surface area contributed by atoms with E-state index in [0.717, 1.165) is 60.8 Å². The predicted molar refractivity (Wildman–Crippen MR) is 216 cm³/mol. The minimum absolute atomic E-state index is 0.0702. The van der Waals surface area contributed by atoms with Crippen molar-refractivity contribution in [2.75, 3.05) is 49.9 Å². The number of nitrogens with zero attached hydrogens (tertiary/aromatic N) is 8. The maximum Gasteiger partial charge on any atom is 0.262 e. The van der Waals surface area contributed by atoms with Crippen LogP contribution >= 0.6 is 0 Å². The number of imide groups is 2. The van der Waals surface area contributed by atoms with E-state index in [1.54, 1.807) is 12.1 Å². The summed E-state index contributed by atoms with van der Waals surface area (Å²) < 4.78 is 24.0. The highest BCUT2D eigenvalue weighted by molar-refractivity contribution is 6.23. The van der Waals surface area contributed by atoms with Crippen LogP contribution in [0, 0.1) is 0 Å². The number of ether oxygens (including phenoxy) is 1. The average Bonchev–Trinajstić information content (AvgIpc) is 3.73. The lowest BCUT2D eigenvalue weighted by Gasteiger charge is -2.51. The Hall–Kier alpha value is -6.26. The SMILES string of the molecule is Nc1ncnc2c1c(-c1ccc(Oc3ccccc3)cc1)nn2C1CCN(C2CCN(C3CN(c4ccc5c(c4)C(=O)N(C4CCC(=O)NC4=O)C5=O)C3)C[C@H]2F)CC1. The van der Waals surface area contributed by atoms with Gasteiger partial charge in [0.1, 0.15) is 41.6 Å². The molecule has 4 saturated heterocycles. The van der Waals surface area contributed by atoms with E-state index in [-0.39, 0.29) is 42.1 Å². The number of likely N-dealkylation sites (tertiary alicyclic amines) is 2. The Morgan fingerprint density at radius 1 is 0.763 bits per heavy atom. The molecule has 15 nitrogen and oxygen atoms in total. The summed E-state index contributed by atoms with van der Waals surface area (Å²) in [4.78, 5) is 67.1. The molecule has 3 aromatic carbocycles. The number of nitrogen functional groups attached to an aromatic ring is 1. The van der Waals surface area contributed by atoms with Crippen molar-refractivity contribution in [3.63, 3.8) is 0 Å². The number of benzene rings is 3. The fourth-order valence-corrected chi connectivity index (χ4v) is 9.43. The van der Waals surface area contributed by atoms with E-state index >= 15 is 4.39 Å². The van der Waals surface area contributed by atoms with E-state index in [1.807, 2.05) is 65.3 Å². The number of halogens is 1. The van der Waals surface area contributed by atoms with Crippen LogP contribution in [0.2, 0.25) is 0 Å². The summed E-state index contributed by atoms with van der Waals surface area (Å²) in [6, 6.07) is 21.6. The number of carbonyl (C=O) groups excluding carboxylic acids is 4. The second-order valence-electron chi connectivity index (χ2n) is 16.1. The fourth-order valence-electron chi connectivity index (χ4n) is 9.43. The molecule has 2 aromatic heterocycles. The molecule has 0 aliphatic carbocycles. The molecule has 5 aliphatic rings. The van der Waals surface area contributed by atoms with Crippen molar-refractivity contribution >= 4 is 46.2 Å². The zero-order chi connectivity index (χ0) is 40.4. The third-order valence-electron chi connectivity index (χ3n) is 12.6. The number of amides is 4. The van der Waals surface area contributed by atoms with Crippen LogP contribution < -0.4 is 20.7 Å². The molecule has 3 atom stereocenters. The number of nitrogens with one attached hydrogen (secondary N) is 1. The quantitative estimate of drug-likeness (QED) is 0.215. The first-order valence-corrected chi connectivity index (χ1v) is 20.2. The van der Waals surface area contributed by atoms with Gasteiger partial charge in [0.05, 0.1) is 22.6 Å². The molecule has 16 heteroatoms. The number of rotatable bonds is 8. The minimum atomic E-state index is -1.00. The summed E-state index contributed by atoms with van der Waals surface area (Å²) in [6.07, 6.45) is 3.00. The molecular weight excluding hydrogens is 756 g/mol. The van der Waals surface area contributed by atoms with Gasteiger partial charge in [0.25, 0.3) is 11.8 Å². The van der Waals surface area contributed by atoms with Crippen LogP contribution in [0.4, 0.5) is 15.9 Å². The number of hydrogen-bond donors (Lipinski definition) is 2. The summed E-state index contributed by atoms with van der Waals surface area (Å²) >= 11 is 0. The Morgan fingerprint density at radius 2 is 1.49 bits per heavy atom. The highest BCUT2D eigenvalue weighted by Gasteiger charge is 2.46. The molecule has 10 rings (SSSR count). The van der Waals surface area contributed by atoms with E-state index in [4.69, 9.17) is 15.6 Å². The molecular formula is C43H43FN10O5. The van der Waals surface area contributed by atoms with Gasteiger partial charge in [0.15, 0.2) is 5.65 Å². The molecule has 5 aromatic rings. The molecule has 3 N–H and O–H groups in total. The van der Waals surface area contributed by atoms with Gasteiger partial charge in [-0.25, -0.2) is 19.0 Å². The smallest absolute Gasteiger partial charge is 0.262 e. The summed E-state index contributed by atoms with van der Waals surface area (Å²) in [5, 5.41) is 8.01. The normalized spacial score (nSPS) is 23.4. The molecule has 0 radical (unpaired) electrons. The summed E-state index contributed by atoms with van der Waals surface area (Å²) in [5.74, 6) is -0.250. The van der Waals surface area contributed by atoms with Gasteiger partial charge in [0, 0.05) is 69.0 Å². The zero-order valence-corrected chi connectivity index (χ0v) is 32.2. The number of aromatic nitrogens is 4. The summed E-state index contributed by atoms with van der Waals surface area (Å²) in [5.41, 5.74) is 10.0. The third kappa shape index (κ3) is 6.65. The van der Waals surface area contributed by atoms with Crippen LogP contribution in [0.25, 0.3) is 22.3 Å². The Bertz CT molecular complexity index is 2470. The number of para-hydroxylation sites is 1. The number of piperidine rings is 3. The van der Waals surface area contributed by atoms with Crippen LogP contribution in [0.5, 0.6) is 11.5 Å². The molecule has 0 spiro atoms. The van der Waals surface area contributed by atoms with Crippen LogP contribution in [0.15, 0.2) is 79.1 Å². The Morgan fingerprint density at radius 3 is 2.24 bits per heavy atom. The topological polar surface area (TPSA) is 172 Å². The van der Waals surface area contributed by atoms with Gasteiger partial charge in [0.2, 0.25) is 11.8 Å². The van der Waals surface area contributed by atoms with E-state index in [2.05, 4.69) is 30.0 Å². The lowest BCUT2D eigenvalue weighted by Crippen LogP contribution is -2.64. The highest BCUT2D eigenvalue weighted by atomic mass is 19.1. The van der Waals surface area contributed by atoms with Gasteiger partial charge in [-0.1, -0.05) is 18.2 Å². The first-order valence-electron chi connectivity index (χ1n) is 20.2. The monoisotopic (exact) mass is 798 g/mol. The van der Waals surface area contributed by atoms with Crippen molar-refractivity contribution in [3.05, 3.63) is 90.3 Å².